The standard InChI is InChI=1S/C10H10N2O2/c13-7-14-4-3-8-1-2-10-9(5-8)6-11-12-10/h1-2,5-7H,3-4H2,(H,11,12). The van der Waals surface area contributed by atoms with Crippen LogP contribution in [0.4, 0.5) is 0 Å². The van der Waals surface area contributed by atoms with Crippen LogP contribution in [0.1, 0.15) is 5.56 Å². The number of carbonyl (C=O) groups excluding carboxylic acids is 1. The molecule has 0 unspecified atom stereocenters. The van der Waals surface area contributed by atoms with Crippen LogP contribution in [0.2, 0.25) is 0 Å². The maximum atomic E-state index is 9.93. The molecule has 1 aromatic heterocycles. The fraction of sp³-hybridized carbons (Fsp3) is 0.200. The Bertz CT molecular complexity index is 436. The van der Waals surface area contributed by atoms with E-state index >= 15 is 0 Å². The number of hydrogen-bond acceptors (Lipinski definition) is 3. The Balaban J connectivity index is 2.13. The average Bonchev–Trinajstić information content (AvgIpc) is 2.65. The van der Waals surface area contributed by atoms with Crippen molar-refractivity contribution < 1.29 is 9.53 Å². The van der Waals surface area contributed by atoms with Crippen molar-refractivity contribution in [2.45, 2.75) is 6.42 Å². The van der Waals surface area contributed by atoms with E-state index in [1.165, 1.54) is 0 Å². The number of H-pyrrole nitrogens is 1. The van der Waals surface area contributed by atoms with Crippen LogP contribution in [0.3, 0.4) is 0 Å². The Hall–Kier alpha value is -1.84. The van der Waals surface area contributed by atoms with Crippen molar-refractivity contribution in [1.82, 2.24) is 10.2 Å². The number of nitrogens with one attached hydrogen (secondary N) is 1. The Morgan fingerprint density at radius 2 is 2.43 bits per heavy atom. The molecule has 0 amide bonds. The van der Waals surface area contributed by atoms with Crippen LogP contribution in [0.25, 0.3) is 10.9 Å². The maximum absolute atomic E-state index is 9.93. The van der Waals surface area contributed by atoms with Crippen molar-refractivity contribution in [1.29, 1.82) is 0 Å². The zero-order valence-corrected chi connectivity index (χ0v) is 7.56. The van der Waals surface area contributed by atoms with Gasteiger partial charge in [0.15, 0.2) is 0 Å². The van der Waals surface area contributed by atoms with Gasteiger partial charge in [-0.2, -0.15) is 5.10 Å². The van der Waals surface area contributed by atoms with Gasteiger partial charge in [0.05, 0.1) is 18.3 Å². The molecule has 2 rings (SSSR count). The normalized spacial score (nSPS) is 10.3. The van der Waals surface area contributed by atoms with Gasteiger partial charge < -0.3 is 4.74 Å². The number of rotatable bonds is 4. The molecule has 0 fully saturated rings. The minimum Gasteiger partial charge on any atom is -0.468 e. The molecule has 1 aromatic carbocycles. The molecule has 2 aromatic rings. The summed E-state index contributed by atoms with van der Waals surface area (Å²) in [5.74, 6) is 0. The third kappa shape index (κ3) is 1.74. The molecule has 1 heterocycles. The molecule has 0 aliphatic carbocycles. The molecule has 0 saturated carbocycles. The lowest BCUT2D eigenvalue weighted by Crippen LogP contribution is -1.96. The van der Waals surface area contributed by atoms with Gasteiger partial charge in [-0.15, -0.1) is 0 Å². The number of benzene rings is 1. The molecule has 14 heavy (non-hydrogen) atoms. The van der Waals surface area contributed by atoms with E-state index < -0.39 is 0 Å². The van der Waals surface area contributed by atoms with E-state index in [1.807, 2.05) is 18.2 Å². The predicted molar refractivity (Wildman–Crippen MR) is 51.8 cm³/mol. The number of ether oxygens (including phenoxy) is 1. The molecule has 72 valence electrons. The molecule has 0 aliphatic heterocycles. The van der Waals surface area contributed by atoms with Crippen LogP contribution in [0.5, 0.6) is 0 Å². The van der Waals surface area contributed by atoms with Crippen molar-refractivity contribution >= 4 is 17.4 Å². The summed E-state index contributed by atoms with van der Waals surface area (Å²) in [6.45, 7) is 0.892. The highest BCUT2D eigenvalue weighted by atomic mass is 16.5. The van der Waals surface area contributed by atoms with Crippen LogP contribution in [0.15, 0.2) is 24.4 Å². The maximum Gasteiger partial charge on any atom is 0.293 e. The minimum absolute atomic E-state index is 0.423. The second-order valence-electron chi connectivity index (χ2n) is 3.01. The summed E-state index contributed by atoms with van der Waals surface area (Å²) in [7, 11) is 0. The zero-order chi connectivity index (χ0) is 9.80. The van der Waals surface area contributed by atoms with Gasteiger partial charge in [0.25, 0.3) is 6.47 Å². The van der Waals surface area contributed by atoms with E-state index in [1.54, 1.807) is 6.20 Å². The van der Waals surface area contributed by atoms with Gasteiger partial charge in [-0.1, -0.05) is 6.07 Å². The Labute approximate surface area is 80.9 Å². The van der Waals surface area contributed by atoms with Crippen LogP contribution >= 0.6 is 0 Å². The van der Waals surface area contributed by atoms with Crippen LogP contribution in [0, 0.1) is 0 Å². The highest BCUT2D eigenvalue weighted by Crippen LogP contribution is 2.12. The second-order valence-corrected chi connectivity index (χ2v) is 3.01. The lowest BCUT2D eigenvalue weighted by molar-refractivity contribution is -0.128. The Kier molecular flexibility index (Phi) is 2.44. The summed E-state index contributed by atoms with van der Waals surface area (Å²) < 4.78 is 4.63. The molecule has 0 bridgehead atoms. The SMILES string of the molecule is O=COCCc1ccc2[nH]ncc2c1. The van der Waals surface area contributed by atoms with Gasteiger partial charge in [0.2, 0.25) is 0 Å². The molecular formula is C10H10N2O2. The first kappa shape index (κ1) is 8.74. The number of hydrogen-bond donors (Lipinski definition) is 1. The number of carbonyl (C=O) groups is 1. The van der Waals surface area contributed by atoms with Gasteiger partial charge in [-0.05, 0) is 17.7 Å². The number of nitrogens with zero attached hydrogens (tertiary/aromatic N) is 1. The molecule has 0 aliphatic rings. The first-order chi connectivity index (χ1) is 6.90. The van der Waals surface area contributed by atoms with E-state index in [-0.39, 0.29) is 0 Å². The molecule has 0 radical (unpaired) electrons. The smallest absolute Gasteiger partial charge is 0.293 e. The summed E-state index contributed by atoms with van der Waals surface area (Å²) >= 11 is 0. The topological polar surface area (TPSA) is 55.0 Å². The van der Waals surface area contributed by atoms with Gasteiger partial charge in [0, 0.05) is 11.8 Å². The van der Waals surface area contributed by atoms with E-state index in [9.17, 15) is 4.79 Å². The predicted octanol–water partition coefficient (Wildman–Crippen LogP) is 1.28. The highest BCUT2D eigenvalue weighted by molar-refractivity contribution is 5.78. The summed E-state index contributed by atoms with van der Waals surface area (Å²) in [5.41, 5.74) is 2.16. The Morgan fingerprint density at radius 1 is 1.50 bits per heavy atom. The van der Waals surface area contributed by atoms with Gasteiger partial charge >= 0.3 is 0 Å². The van der Waals surface area contributed by atoms with Crippen molar-refractivity contribution in [2.24, 2.45) is 0 Å². The molecule has 0 spiro atoms. The summed E-state index contributed by atoms with van der Waals surface area (Å²) in [5, 5.41) is 7.88. The molecule has 0 saturated heterocycles. The minimum atomic E-state index is 0.423. The molecule has 4 nitrogen and oxygen atoms in total. The van der Waals surface area contributed by atoms with E-state index in [0.29, 0.717) is 13.1 Å². The van der Waals surface area contributed by atoms with Crippen LogP contribution in [-0.2, 0) is 16.0 Å². The molecule has 1 N–H and O–H groups in total. The van der Waals surface area contributed by atoms with Gasteiger partial charge in [-0.25, -0.2) is 0 Å². The fourth-order valence-electron chi connectivity index (χ4n) is 1.37. The third-order valence-corrected chi connectivity index (χ3v) is 2.08. The van der Waals surface area contributed by atoms with E-state index in [2.05, 4.69) is 14.9 Å². The first-order valence-electron chi connectivity index (χ1n) is 4.37. The summed E-state index contributed by atoms with van der Waals surface area (Å²) in [6, 6.07) is 6.00. The van der Waals surface area contributed by atoms with Crippen LogP contribution in [-0.4, -0.2) is 23.3 Å². The van der Waals surface area contributed by atoms with Gasteiger partial charge in [-0.3, -0.25) is 9.89 Å². The van der Waals surface area contributed by atoms with Crippen molar-refractivity contribution in [3.05, 3.63) is 30.0 Å². The van der Waals surface area contributed by atoms with Crippen molar-refractivity contribution in [3.8, 4) is 0 Å². The lowest BCUT2D eigenvalue weighted by Gasteiger charge is -1.99. The van der Waals surface area contributed by atoms with E-state index in [0.717, 1.165) is 22.9 Å². The second kappa shape index (κ2) is 3.91. The monoisotopic (exact) mass is 190 g/mol. The third-order valence-electron chi connectivity index (χ3n) is 2.08. The highest BCUT2D eigenvalue weighted by Gasteiger charge is 1.97. The lowest BCUT2D eigenvalue weighted by atomic mass is 10.1. The van der Waals surface area contributed by atoms with E-state index in [4.69, 9.17) is 0 Å². The first-order valence-corrected chi connectivity index (χ1v) is 4.37. The quantitative estimate of drug-likeness (QED) is 0.583. The number of aromatic amines is 1. The zero-order valence-electron chi connectivity index (χ0n) is 7.56. The molecule has 4 heteroatoms. The Morgan fingerprint density at radius 3 is 3.29 bits per heavy atom. The van der Waals surface area contributed by atoms with Crippen LogP contribution < -0.4 is 0 Å². The van der Waals surface area contributed by atoms with Crippen molar-refractivity contribution in [2.75, 3.05) is 6.61 Å². The fourth-order valence-corrected chi connectivity index (χ4v) is 1.37. The summed E-state index contributed by atoms with van der Waals surface area (Å²) in [6.07, 6.45) is 2.51. The van der Waals surface area contributed by atoms with Crippen molar-refractivity contribution in [3.63, 3.8) is 0 Å². The van der Waals surface area contributed by atoms with Gasteiger partial charge in [0.1, 0.15) is 0 Å². The molecular weight excluding hydrogens is 180 g/mol. The number of aromatic nitrogens is 2. The average molecular weight is 190 g/mol. The number of fused-ring (bicyclic) bond motifs is 1. The largest absolute Gasteiger partial charge is 0.468 e. The molecule has 0 atom stereocenters. The summed E-state index contributed by atoms with van der Waals surface area (Å²) in [4.78, 5) is 9.93.